The molecule has 0 bridgehead atoms. The van der Waals surface area contributed by atoms with Crippen LogP contribution in [0.4, 0.5) is 5.82 Å². The van der Waals surface area contributed by atoms with Crippen molar-refractivity contribution in [2.24, 2.45) is 7.05 Å². The maximum absolute atomic E-state index is 12.4. The molecule has 29 heavy (non-hydrogen) atoms. The fourth-order valence-corrected chi connectivity index (χ4v) is 3.86. The summed E-state index contributed by atoms with van der Waals surface area (Å²) >= 11 is 7.22. The van der Waals surface area contributed by atoms with E-state index in [1.165, 1.54) is 11.8 Å². The van der Waals surface area contributed by atoms with Crippen molar-refractivity contribution in [2.75, 3.05) is 17.7 Å². The van der Waals surface area contributed by atoms with Crippen LogP contribution in [0.15, 0.2) is 35.5 Å². The number of halogens is 1. The number of nitrogens with one attached hydrogen (secondary N) is 1. The Morgan fingerprint density at radius 2 is 2.21 bits per heavy atom. The number of rotatable bonds is 7. The molecule has 0 radical (unpaired) electrons. The topological polar surface area (TPSA) is 99.8 Å². The normalized spacial score (nSPS) is 16.3. The fourth-order valence-electron chi connectivity index (χ4n) is 3.05. The van der Waals surface area contributed by atoms with Crippen molar-refractivity contribution in [2.45, 2.75) is 30.6 Å². The Bertz CT molecular complexity index is 983. The summed E-state index contributed by atoms with van der Waals surface area (Å²) in [6.45, 7) is 1.38. The molecule has 1 amide bonds. The van der Waals surface area contributed by atoms with Crippen molar-refractivity contribution < 1.29 is 9.53 Å². The molecular weight excluding hydrogens is 414 g/mol. The van der Waals surface area contributed by atoms with Gasteiger partial charge >= 0.3 is 0 Å². The van der Waals surface area contributed by atoms with Crippen LogP contribution >= 0.6 is 23.4 Å². The Morgan fingerprint density at radius 3 is 2.97 bits per heavy atom. The molecule has 1 aliphatic rings. The average Bonchev–Trinajstić information content (AvgIpc) is 3.44. The van der Waals surface area contributed by atoms with Crippen molar-refractivity contribution in [3.63, 3.8) is 0 Å². The van der Waals surface area contributed by atoms with Gasteiger partial charge in [0.2, 0.25) is 11.1 Å². The minimum Gasteiger partial charge on any atom is -0.376 e. The molecule has 3 aromatic rings. The summed E-state index contributed by atoms with van der Waals surface area (Å²) in [5.74, 6) is 0.639. The van der Waals surface area contributed by atoms with Gasteiger partial charge in [-0.25, -0.2) is 4.68 Å². The van der Waals surface area contributed by atoms with Gasteiger partial charge in [-0.3, -0.25) is 9.48 Å². The summed E-state index contributed by atoms with van der Waals surface area (Å²) in [5, 5.41) is 20.3. The number of benzene rings is 1. The molecule has 3 heterocycles. The number of carbonyl (C=O) groups excluding carboxylic acids is 1. The molecule has 1 aromatic carbocycles. The highest BCUT2D eigenvalue weighted by molar-refractivity contribution is 7.99. The van der Waals surface area contributed by atoms with Crippen molar-refractivity contribution in [3.8, 4) is 11.3 Å². The lowest BCUT2D eigenvalue weighted by molar-refractivity contribution is -0.113. The van der Waals surface area contributed by atoms with Crippen molar-refractivity contribution in [1.82, 2.24) is 30.0 Å². The van der Waals surface area contributed by atoms with E-state index < -0.39 is 0 Å². The molecule has 4 rings (SSSR count). The van der Waals surface area contributed by atoms with Gasteiger partial charge in [-0.2, -0.15) is 5.10 Å². The van der Waals surface area contributed by atoms with E-state index in [0.29, 0.717) is 22.5 Å². The molecule has 2 aromatic heterocycles. The second kappa shape index (κ2) is 8.93. The third kappa shape index (κ3) is 4.95. The van der Waals surface area contributed by atoms with Gasteiger partial charge in [0.25, 0.3) is 0 Å². The number of tetrazole rings is 1. The van der Waals surface area contributed by atoms with Crippen LogP contribution < -0.4 is 5.32 Å². The van der Waals surface area contributed by atoms with Crippen LogP contribution in [-0.4, -0.2) is 54.4 Å². The van der Waals surface area contributed by atoms with Gasteiger partial charge in [0.05, 0.1) is 24.1 Å². The van der Waals surface area contributed by atoms with Gasteiger partial charge < -0.3 is 10.1 Å². The number of aromatic nitrogens is 6. The predicted octanol–water partition coefficient (Wildman–Crippen LogP) is 2.64. The maximum atomic E-state index is 12.4. The minimum atomic E-state index is -0.160. The van der Waals surface area contributed by atoms with E-state index in [0.717, 1.165) is 30.7 Å². The van der Waals surface area contributed by atoms with Gasteiger partial charge in [-0.15, -0.1) is 5.10 Å². The highest BCUT2D eigenvalue weighted by Gasteiger charge is 2.19. The summed E-state index contributed by atoms with van der Waals surface area (Å²) in [6, 6.07) is 9.22. The Hall–Kier alpha value is -2.43. The highest BCUT2D eigenvalue weighted by atomic mass is 35.5. The molecule has 11 heteroatoms. The lowest BCUT2D eigenvalue weighted by Gasteiger charge is -2.10. The average molecular weight is 434 g/mol. The zero-order valence-corrected chi connectivity index (χ0v) is 17.4. The molecule has 0 saturated carbocycles. The van der Waals surface area contributed by atoms with E-state index >= 15 is 0 Å². The van der Waals surface area contributed by atoms with E-state index in [2.05, 4.69) is 25.9 Å². The SMILES string of the molecule is Cn1nc(-c2ccc(Cl)cc2)cc1NC(=O)CSc1nnnn1CC1CCCO1. The molecule has 9 nitrogen and oxygen atoms in total. The largest absolute Gasteiger partial charge is 0.376 e. The number of ether oxygens (including phenoxy) is 1. The van der Waals surface area contributed by atoms with E-state index in [1.54, 1.807) is 28.5 Å². The number of hydrogen-bond acceptors (Lipinski definition) is 7. The summed E-state index contributed by atoms with van der Waals surface area (Å²) in [4.78, 5) is 12.4. The molecular formula is C18H20ClN7O2S. The van der Waals surface area contributed by atoms with Gasteiger partial charge in [-0.05, 0) is 35.4 Å². The first-order chi connectivity index (χ1) is 14.1. The van der Waals surface area contributed by atoms with Crippen molar-refractivity contribution in [1.29, 1.82) is 0 Å². The van der Waals surface area contributed by atoms with E-state index in [1.807, 2.05) is 18.2 Å². The van der Waals surface area contributed by atoms with Gasteiger partial charge in [0, 0.05) is 30.3 Å². The van der Waals surface area contributed by atoms with Crippen molar-refractivity contribution in [3.05, 3.63) is 35.4 Å². The van der Waals surface area contributed by atoms with Crippen LogP contribution in [0.5, 0.6) is 0 Å². The minimum absolute atomic E-state index is 0.132. The quantitative estimate of drug-likeness (QED) is 0.571. The van der Waals surface area contributed by atoms with E-state index in [-0.39, 0.29) is 17.8 Å². The molecule has 1 fully saturated rings. The molecule has 1 aliphatic heterocycles. The first-order valence-electron chi connectivity index (χ1n) is 9.19. The smallest absolute Gasteiger partial charge is 0.235 e. The number of carbonyl (C=O) groups is 1. The number of aryl methyl sites for hydroxylation is 1. The van der Waals surface area contributed by atoms with Gasteiger partial charge in [0.15, 0.2) is 0 Å². The number of nitrogens with zero attached hydrogens (tertiary/aromatic N) is 6. The van der Waals surface area contributed by atoms with Crippen LogP contribution in [0.25, 0.3) is 11.3 Å². The molecule has 152 valence electrons. The third-order valence-corrected chi connectivity index (χ3v) is 5.73. The number of amides is 1. The zero-order chi connectivity index (χ0) is 20.2. The van der Waals surface area contributed by atoms with E-state index in [9.17, 15) is 4.79 Å². The Morgan fingerprint density at radius 1 is 1.38 bits per heavy atom. The monoisotopic (exact) mass is 433 g/mol. The summed E-state index contributed by atoms with van der Waals surface area (Å²) in [6.07, 6.45) is 2.19. The predicted molar refractivity (Wildman–Crippen MR) is 110 cm³/mol. The van der Waals surface area contributed by atoms with Crippen molar-refractivity contribution >= 4 is 35.1 Å². The van der Waals surface area contributed by atoms with Crippen LogP contribution in [-0.2, 0) is 23.1 Å². The molecule has 1 atom stereocenters. The first-order valence-corrected chi connectivity index (χ1v) is 10.6. The van der Waals surface area contributed by atoms with Crippen LogP contribution in [0, 0.1) is 0 Å². The summed E-state index contributed by atoms with van der Waals surface area (Å²) in [5.41, 5.74) is 1.68. The van der Waals surface area contributed by atoms with E-state index in [4.69, 9.17) is 16.3 Å². The first kappa shape index (κ1) is 19.9. The second-order valence-electron chi connectivity index (χ2n) is 6.66. The second-order valence-corrected chi connectivity index (χ2v) is 8.04. The Kier molecular flexibility index (Phi) is 6.12. The fraction of sp³-hybridized carbons (Fsp3) is 0.389. The molecule has 1 unspecified atom stereocenters. The number of thioether (sulfide) groups is 1. The maximum Gasteiger partial charge on any atom is 0.235 e. The molecule has 0 spiro atoms. The number of anilines is 1. The third-order valence-electron chi connectivity index (χ3n) is 4.52. The number of hydrogen-bond donors (Lipinski definition) is 1. The van der Waals surface area contributed by atoms with Crippen LogP contribution in [0.2, 0.25) is 5.02 Å². The zero-order valence-electron chi connectivity index (χ0n) is 15.8. The van der Waals surface area contributed by atoms with Gasteiger partial charge in [-0.1, -0.05) is 35.5 Å². The lowest BCUT2D eigenvalue weighted by atomic mass is 10.1. The Balaban J connectivity index is 1.34. The van der Waals surface area contributed by atoms with Gasteiger partial charge in [0.1, 0.15) is 5.82 Å². The van der Waals surface area contributed by atoms with Crippen LogP contribution in [0.3, 0.4) is 0 Å². The molecule has 1 N–H and O–H groups in total. The lowest BCUT2D eigenvalue weighted by Crippen LogP contribution is -2.19. The highest BCUT2D eigenvalue weighted by Crippen LogP contribution is 2.24. The summed E-state index contributed by atoms with van der Waals surface area (Å²) < 4.78 is 8.95. The molecule has 1 saturated heterocycles. The molecule has 0 aliphatic carbocycles. The van der Waals surface area contributed by atoms with Crippen LogP contribution in [0.1, 0.15) is 12.8 Å². The standard InChI is InChI=1S/C18H20ClN7O2S/c1-25-16(9-15(22-25)12-4-6-13(19)7-5-12)20-17(27)11-29-18-21-23-24-26(18)10-14-3-2-8-28-14/h4-7,9,14H,2-3,8,10-11H2,1H3,(H,20,27). The Labute approximate surface area is 176 Å². The summed E-state index contributed by atoms with van der Waals surface area (Å²) in [7, 11) is 1.78.